The van der Waals surface area contributed by atoms with Crippen molar-refractivity contribution in [2.24, 2.45) is 5.73 Å². The van der Waals surface area contributed by atoms with E-state index in [0.717, 1.165) is 16.8 Å². The molecular weight excluding hydrogens is 272 g/mol. The van der Waals surface area contributed by atoms with E-state index in [0.29, 0.717) is 30.0 Å². The topological polar surface area (TPSA) is 48.1 Å². The van der Waals surface area contributed by atoms with Crippen molar-refractivity contribution in [3.63, 3.8) is 0 Å². The zero-order valence-electron chi connectivity index (χ0n) is 11.8. The molecule has 106 valence electrons. The molecule has 3 nitrogen and oxygen atoms in total. The van der Waals surface area contributed by atoms with Gasteiger partial charge in [-0.3, -0.25) is 0 Å². The molecular formula is C16H19ClN2O. The van der Waals surface area contributed by atoms with Crippen molar-refractivity contribution in [1.29, 1.82) is 0 Å². The fraction of sp³-hybridized carbons (Fsp3) is 0.312. The highest BCUT2D eigenvalue weighted by Crippen LogP contribution is 2.21. The number of aromatic nitrogens is 1. The molecule has 0 radical (unpaired) electrons. The molecule has 2 aromatic rings. The zero-order valence-corrected chi connectivity index (χ0v) is 12.5. The van der Waals surface area contributed by atoms with Crippen molar-refractivity contribution >= 4 is 11.6 Å². The number of benzene rings is 1. The van der Waals surface area contributed by atoms with Gasteiger partial charge >= 0.3 is 0 Å². The Morgan fingerprint density at radius 2 is 2.00 bits per heavy atom. The maximum Gasteiger partial charge on any atom is 0.214 e. The van der Waals surface area contributed by atoms with Crippen molar-refractivity contribution in [2.75, 3.05) is 0 Å². The van der Waals surface area contributed by atoms with Crippen molar-refractivity contribution in [1.82, 2.24) is 4.98 Å². The SMILES string of the molecule is CC(C)c1cc(CN)cc(OCc2ccccc2Cl)n1. The van der Waals surface area contributed by atoms with Gasteiger partial charge in [-0.1, -0.05) is 43.6 Å². The molecule has 0 unspecified atom stereocenters. The van der Waals surface area contributed by atoms with Crippen LogP contribution in [0.25, 0.3) is 0 Å². The lowest BCUT2D eigenvalue weighted by atomic mass is 10.1. The van der Waals surface area contributed by atoms with E-state index in [9.17, 15) is 0 Å². The molecule has 0 spiro atoms. The highest BCUT2D eigenvalue weighted by molar-refractivity contribution is 6.31. The molecule has 0 aliphatic carbocycles. The lowest BCUT2D eigenvalue weighted by molar-refractivity contribution is 0.292. The van der Waals surface area contributed by atoms with E-state index in [2.05, 4.69) is 18.8 Å². The number of hydrogen-bond acceptors (Lipinski definition) is 3. The van der Waals surface area contributed by atoms with E-state index in [1.54, 1.807) is 0 Å². The standard InChI is InChI=1S/C16H19ClN2O/c1-11(2)15-7-12(9-18)8-16(19-15)20-10-13-5-3-4-6-14(13)17/h3-8,11H,9-10,18H2,1-2H3. The van der Waals surface area contributed by atoms with Crippen LogP contribution < -0.4 is 10.5 Å². The Morgan fingerprint density at radius 3 is 2.65 bits per heavy atom. The quantitative estimate of drug-likeness (QED) is 0.908. The van der Waals surface area contributed by atoms with Gasteiger partial charge in [0, 0.05) is 28.9 Å². The summed E-state index contributed by atoms with van der Waals surface area (Å²) in [4.78, 5) is 4.50. The molecule has 0 aliphatic heterocycles. The zero-order chi connectivity index (χ0) is 14.5. The second kappa shape index (κ2) is 6.73. The van der Waals surface area contributed by atoms with E-state index in [1.165, 1.54) is 0 Å². The van der Waals surface area contributed by atoms with Crippen LogP contribution in [0.4, 0.5) is 0 Å². The van der Waals surface area contributed by atoms with E-state index >= 15 is 0 Å². The summed E-state index contributed by atoms with van der Waals surface area (Å²) in [7, 11) is 0. The van der Waals surface area contributed by atoms with Crippen molar-refractivity contribution in [3.8, 4) is 5.88 Å². The monoisotopic (exact) mass is 290 g/mol. The summed E-state index contributed by atoms with van der Waals surface area (Å²) in [6.07, 6.45) is 0. The third kappa shape index (κ3) is 3.71. The van der Waals surface area contributed by atoms with Crippen LogP contribution in [0.3, 0.4) is 0 Å². The highest BCUT2D eigenvalue weighted by Gasteiger charge is 2.07. The molecule has 2 rings (SSSR count). The van der Waals surface area contributed by atoms with Gasteiger partial charge in [0.2, 0.25) is 5.88 Å². The molecule has 0 saturated heterocycles. The Hall–Kier alpha value is -1.58. The second-order valence-corrected chi connectivity index (χ2v) is 5.38. The Morgan fingerprint density at radius 1 is 1.25 bits per heavy atom. The van der Waals surface area contributed by atoms with Gasteiger partial charge in [-0.15, -0.1) is 0 Å². The lowest BCUT2D eigenvalue weighted by Crippen LogP contribution is -2.04. The molecule has 0 fully saturated rings. The van der Waals surface area contributed by atoms with Gasteiger partial charge in [0.1, 0.15) is 6.61 Å². The number of ether oxygens (including phenoxy) is 1. The van der Waals surface area contributed by atoms with Crippen molar-refractivity contribution in [2.45, 2.75) is 32.9 Å². The Bertz CT molecular complexity index is 584. The van der Waals surface area contributed by atoms with Gasteiger partial charge in [-0.05, 0) is 23.6 Å². The molecule has 0 amide bonds. The predicted molar refractivity (Wildman–Crippen MR) is 82.0 cm³/mol. The highest BCUT2D eigenvalue weighted by atomic mass is 35.5. The Labute approximate surface area is 124 Å². The Kier molecular flexibility index (Phi) is 4.99. The molecule has 0 bridgehead atoms. The normalized spacial score (nSPS) is 10.8. The summed E-state index contributed by atoms with van der Waals surface area (Å²) in [6, 6.07) is 11.5. The summed E-state index contributed by atoms with van der Waals surface area (Å²) in [5.74, 6) is 0.931. The number of rotatable bonds is 5. The maximum absolute atomic E-state index is 6.11. The van der Waals surface area contributed by atoms with Crippen molar-refractivity contribution < 1.29 is 4.74 Å². The summed E-state index contributed by atoms with van der Waals surface area (Å²) < 4.78 is 5.76. The molecule has 2 N–H and O–H groups in total. The van der Waals surface area contributed by atoms with Gasteiger partial charge < -0.3 is 10.5 Å². The molecule has 1 aromatic heterocycles. The van der Waals surface area contributed by atoms with Crippen LogP contribution in [0.5, 0.6) is 5.88 Å². The van der Waals surface area contributed by atoms with E-state index in [4.69, 9.17) is 22.1 Å². The first-order valence-corrected chi connectivity index (χ1v) is 7.05. The van der Waals surface area contributed by atoms with Gasteiger partial charge in [0.15, 0.2) is 0 Å². The molecule has 4 heteroatoms. The average molecular weight is 291 g/mol. The van der Waals surface area contributed by atoms with E-state index < -0.39 is 0 Å². The Balaban J connectivity index is 2.17. The van der Waals surface area contributed by atoms with Gasteiger partial charge in [0.25, 0.3) is 0 Å². The van der Waals surface area contributed by atoms with Crippen molar-refractivity contribution in [3.05, 3.63) is 58.2 Å². The maximum atomic E-state index is 6.11. The third-order valence-corrected chi connectivity index (χ3v) is 3.41. The number of nitrogens with zero attached hydrogens (tertiary/aromatic N) is 1. The van der Waals surface area contributed by atoms with Crippen LogP contribution in [0, 0.1) is 0 Å². The van der Waals surface area contributed by atoms with Crippen LogP contribution in [-0.4, -0.2) is 4.98 Å². The molecule has 1 aromatic carbocycles. The first kappa shape index (κ1) is 14.8. The fourth-order valence-electron chi connectivity index (χ4n) is 1.84. The first-order chi connectivity index (χ1) is 9.60. The predicted octanol–water partition coefficient (Wildman–Crippen LogP) is 3.90. The van der Waals surface area contributed by atoms with Crippen LogP contribution in [0.2, 0.25) is 5.02 Å². The van der Waals surface area contributed by atoms with Gasteiger partial charge in [-0.25, -0.2) is 4.98 Å². The second-order valence-electron chi connectivity index (χ2n) is 4.98. The third-order valence-electron chi connectivity index (χ3n) is 3.04. The summed E-state index contributed by atoms with van der Waals surface area (Å²) in [5.41, 5.74) is 8.67. The summed E-state index contributed by atoms with van der Waals surface area (Å²) >= 11 is 6.11. The fourth-order valence-corrected chi connectivity index (χ4v) is 2.03. The lowest BCUT2D eigenvalue weighted by Gasteiger charge is -2.12. The summed E-state index contributed by atoms with van der Waals surface area (Å²) in [5, 5.41) is 0.701. The van der Waals surface area contributed by atoms with Gasteiger partial charge in [-0.2, -0.15) is 0 Å². The minimum absolute atomic E-state index is 0.337. The number of nitrogens with two attached hydrogens (primary N) is 1. The average Bonchev–Trinajstić information content (AvgIpc) is 2.46. The minimum atomic E-state index is 0.337. The molecule has 0 atom stereocenters. The first-order valence-electron chi connectivity index (χ1n) is 6.67. The molecule has 0 aliphatic rings. The van der Waals surface area contributed by atoms with Crippen LogP contribution in [0.15, 0.2) is 36.4 Å². The molecule has 20 heavy (non-hydrogen) atoms. The summed E-state index contributed by atoms with van der Waals surface area (Å²) in [6.45, 7) is 5.07. The minimum Gasteiger partial charge on any atom is -0.473 e. The number of halogens is 1. The number of hydrogen-bond donors (Lipinski definition) is 1. The van der Waals surface area contributed by atoms with Gasteiger partial charge in [0.05, 0.1) is 0 Å². The van der Waals surface area contributed by atoms with E-state index in [-0.39, 0.29) is 0 Å². The van der Waals surface area contributed by atoms with Crippen LogP contribution in [-0.2, 0) is 13.2 Å². The van der Waals surface area contributed by atoms with Crippen LogP contribution >= 0.6 is 11.6 Å². The molecule has 0 saturated carbocycles. The van der Waals surface area contributed by atoms with E-state index in [1.807, 2.05) is 36.4 Å². The number of pyridine rings is 1. The largest absolute Gasteiger partial charge is 0.473 e. The molecule has 1 heterocycles. The van der Waals surface area contributed by atoms with Crippen LogP contribution in [0.1, 0.15) is 36.6 Å². The smallest absolute Gasteiger partial charge is 0.214 e.